The fourth-order valence-corrected chi connectivity index (χ4v) is 2.77. The van der Waals surface area contributed by atoms with Gasteiger partial charge >= 0.3 is 23.9 Å². The van der Waals surface area contributed by atoms with Crippen LogP contribution in [0.3, 0.4) is 0 Å². The third-order valence-corrected chi connectivity index (χ3v) is 4.69. The first-order valence-corrected chi connectivity index (χ1v) is 10.9. The van der Waals surface area contributed by atoms with Gasteiger partial charge in [0.15, 0.2) is 0 Å². The van der Waals surface area contributed by atoms with Gasteiger partial charge in [-0.1, -0.05) is 32.4 Å². The van der Waals surface area contributed by atoms with Gasteiger partial charge in [0.05, 0.1) is 0 Å². The summed E-state index contributed by atoms with van der Waals surface area (Å²) in [6, 6.07) is 4.38. The summed E-state index contributed by atoms with van der Waals surface area (Å²) in [5.74, 6) is -2.37. The monoisotopic (exact) mass is 492 g/mol. The van der Waals surface area contributed by atoms with E-state index >= 15 is 0 Å². The molecular formula is C28H28O8. The highest BCUT2D eigenvalue weighted by Gasteiger charge is 2.26. The van der Waals surface area contributed by atoms with Crippen molar-refractivity contribution in [2.45, 2.75) is 40.2 Å². The lowest BCUT2D eigenvalue weighted by atomic mass is 9.95. The van der Waals surface area contributed by atoms with Crippen molar-refractivity contribution in [3.8, 4) is 11.5 Å². The van der Waals surface area contributed by atoms with Crippen LogP contribution in [-0.2, 0) is 28.7 Å². The highest BCUT2D eigenvalue weighted by molar-refractivity contribution is 5.93. The first-order chi connectivity index (χ1) is 16.8. The first-order valence-electron chi connectivity index (χ1n) is 10.9. The molecule has 1 aliphatic carbocycles. The highest BCUT2D eigenvalue weighted by Crippen LogP contribution is 2.37. The number of rotatable bonds is 9. The molecule has 1 aliphatic rings. The second-order valence-corrected chi connectivity index (χ2v) is 8.29. The van der Waals surface area contributed by atoms with E-state index in [9.17, 15) is 19.2 Å². The predicted octanol–water partition coefficient (Wildman–Crippen LogP) is 4.93. The molecule has 36 heavy (non-hydrogen) atoms. The Balaban J connectivity index is 2.59. The Labute approximate surface area is 209 Å². The molecule has 1 atom stereocenters. The Morgan fingerprint density at radius 2 is 1.28 bits per heavy atom. The summed E-state index contributed by atoms with van der Waals surface area (Å²) in [5.41, 5.74) is 1.43. The third-order valence-electron chi connectivity index (χ3n) is 4.69. The van der Waals surface area contributed by atoms with E-state index in [2.05, 4.69) is 26.3 Å². The zero-order chi connectivity index (χ0) is 27.2. The van der Waals surface area contributed by atoms with Gasteiger partial charge in [0, 0.05) is 45.9 Å². The van der Waals surface area contributed by atoms with Crippen LogP contribution in [0, 0.1) is 0 Å². The Kier molecular flexibility index (Phi) is 9.10. The molecule has 2 rings (SSSR count). The molecule has 0 fully saturated rings. The van der Waals surface area contributed by atoms with Crippen molar-refractivity contribution in [2.24, 2.45) is 0 Å². The van der Waals surface area contributed by atoms with Gasteiger partial charge in [-0.2, -0.15) is 0 Å². The number of carbonyl (C=O) groups is 4. The maximum atomic E-state index is 12.4. The zero-order valence-corrected chi connectivity index (χ0v) is 20.8. The van der Waals surface area contributed by atoms with Crippen molar-refractivity contribution >= 4 is 29.5 Å². The average Bonchev–Trinajstić information content (AvgIpc) is 2.79. The summed E-state index contributed by atoms with van der Waals surface area (Å²) in [5, 5.41) is 0. The minimum atomic E-state index is -0.733. The number of allylic oxidation sites excluding steroid dienone is 2. The number of carbonyl (C=O) groups excluding carboxylic acids is 4. The highest BCUT2D eigenvalue weighted by atomic mass is 16.6. The van der Waals surface area contributed by atoms with E-state index in [4.69, 9.17) is 18.9 Å². The standard InChI is InChI=1S/C28H28O8/c1-15(2)25(29)33-19-9-11-21(23(13-19)35-27(31)17(5)6)22-12-10-20(34-26(30)16(3)4)14-24(22)36-28(32)18(7)8/h9-13,20H,1,3,5,7,14H2,2,4,6,8H3. The SMILES string of the molecule is C=C(C)C(=O)OC1=C(c2ccc(OC(=O)C(=C)C)cc2OC(=O)C(=C)C)C=CC(OC(=O)C(=C)C)C1. The van der Waals surface area contributed by atoms with Crippen LogP contribution >= 0.6 is 0 Å². The minimum absolute atomic E-state index is 0.0180. The molecule has 188 valence electrons. The summed E-state index contributed by atoms with van der Waals surface area (Å²) in [7, 11) is 0. The van der Waals surface area contributed by atoms with Crippen LogP contribution in [0.15, 0.2) is 84.7 Å². The van der Waals surface area contributed by atoms with Crippen LogP contribution < -0.4 is 9.47 Å². The second kappa shape index (κ2) is 11.8. The van der Waals surface area contributed by atoms with Gasteiger partial charge < -0.3 is 18.9 Å². The fraction of sp³-hybridized carbons (Fsp3) is 0.214. The van der Waals surface area contributed by atoms with Gasteiger partial charge in [0.1, 0.15) is 23.4 Å². The molecule has 0 saturated heterocycles. The van der Waals surface area contributed by atoms with Crippen molar-refractivity contribution in [1.29, 1.82) is 0 Å². The quantitative estimate of drug-likeness (QED) is 0.272. The van der Waals surface area contributed by atoms with Gasteiger partial charge in [-0.15, -0.1) is 0 Å². The van der Waals surface area contributed by atoms with Crippen LogP contribution in [0.2, 0.25) is 0 Å². The molecule has 8 nitrogen and oxygen atoms in total. The van der Waals surface area contributed by atoms with E-state index in [1.807, 2.05) is 0 Å². The molecule has 1 unspecified atom stereocenters. The maximum absolute atomic E-state index is 12.4. The lowest BCUT2D eigenvalue weighted by molar-refractivity contribution is -0.142. The van der Waals surface area contributed by atoms with Gasteiger partial charge in [-0.05, 0) is 45.9 Å². The second-order valence-electron chi connectivity index (χ2n) is 8.29. The van der Waals surface area contributed by atoms with Crippen molar-refractivity contribution in [3.63, 3.8) is 0 Å². The first kappa shape index (κ1) is 27.8. The van der Waals surface area contributed by atoms with E-state index in [0.29, 0.717) is 11.1 Å². The Morgan fingerprint density at radius 3 is 1.83 bits per heavy atom. The molecule has 0 saturated carbocycles. The topological polar surface area (TPSA) is 105 Å². The van der Waals surface area contributed by atoms with Crippen molar-refractivity contribution in [2.75, 3.05) is 0 Å². The molecule has 1 aromatic rings. The normalized spacial score (nSPS) is 14.4. The van der Waals surface area contributed by atoms with Crippen molar-refractivity contribution in [1.82, 2.24) is 0 Å². The number of hydrogen-bond donors (Lipinski definition) is 0. The largest absolute Gasteiger partial charge is 0.454 e. The maximum Gasteiger partial charge on any atom is 0.338 e. The molecule has 8 heteroatoms. The van der Waals surface area contributed by atoms with E-state index in [1.54, 1.807) is 12.2 Å². The summed E-state index contributed by atoms with van der Waals surface area (Å²) >= 11 is 0. The summed E-state index contributed by atoms with van der Waals surface area (Å²) in [4.78, 5) is 48.7. The zero-order valence-electron chi connectivity index (χ0n) is 20.8. The molecule has 0 amide bonds. The minimum Gasteiger partial charge on any atom is -0.454 e. The summed E-state index contributed by atoms with van der Waals surface area (Å²) in [6.45, 7) is 20.3. The van der Waals surface area contributed by atoms with Crippen molar-refractivity contribution in [3.05, 3.63) is 90.3 Å². The fourth-order valence-electron chi connectivity index (χ4n) is 2.77. The van der Waals surface area contributed by atoms with E-state index in [0.717, 1.165) is 0 Å². The average molecular weight is 493 g/mol. The number of hydrogen-bond acceptors (Lipinski definition) is 8. The van der Waals surface area contributed by atoms with E-state index in [1.165, 1.54) is 45.9 Å². The molecule has 1 aromatic carbocycles. The van der Waals surface area contributed by atoms with Crippen LogP contribution in [0.5, 0.6) is 11.5 Å². The summed E-state index contributed by atoms with van der Waals surface area (Å²) in [6.07, 6.45) is 2.47. The summed E-state index contributed by atoms with van der Waals surface area (Å²) < 4.78 is 21.7. The number of esters is 4. The van der Waals surface area contributed by atoms with Gasteiger partial charge in [0.25, 0.3) is 0 Å². The Morgan fingerprint density at radius 1 is 0.750 bits per heavy atom. The lowest BCUT2D eigenvalue weighted by Crippen LogP contribution is -2.22. The molecule has 0 spiro atoms. The lowest BCUT2D eigenvalue weighted by Gasteiger charge is -2.23. The molecule has 0 radical (unpaired) electrons. The van der Waals surface area contributed by atoms with Crippen LogP contribution in [0.1, 0.15) is 39.7 Å². The molecule has 0 bridgehead atoms. The molecular weight excluding hydrogens is 464 g/mol. The molecule has 0 aromatic heterocycles. The van der Waals surface area contributed by atoms with Gasteiger partial charge in [-0.3, -0.25) is 0 Å². The van der Waals surface area contributed by atoms with Gasteiger partial charge in [0.2, 0.25) is 0 Å². The Bertz CT molecular complexity index is 1240. The molecule has 0 heterocycles. The Hall–Kier alpha value is -4.46. The van der Waals surface area contributed by atoms with Crippen LogP contribution in [-0.4, -0.2) is 30.0 Å². The number of ether oxygens (including phenoxy) is 4. The van der Waals surface area contributed by atoms with Crippen molar-refractivity contribution < 1.29 is 38.1 Å². The smallest absolute Gasteiger partial charge is 0.338 e. The van der Waals surface area contributed by atoms with Crippen LogP contribution in [0.4, 0.5) is 0 Å². The van der Waals surface area contributed by atoms with E-state index < -0.39 is 30.0 Å². The third kappa shape index (κ3) is 7.27. The molecule has 0 N–H and O–H groups in total. The van der Waals surface area contributed by atoms with Crippen LogP contribution in [0.25, 0.3) is 5.57 Å². The number of benzene rings is 1. The van der Waals surface area contributed by atoms with E-state index in [-0.39, 0.29) is 46.0 Å². The van der Waals surface area contributed by atoms with Gasteiger partial charge in [-0.25, -0.2) is 19.2 Å². The molecule has 0 aliphatic heterocycles. The predicted molar refractivity (Wildman–Crippen MR) is 134 cm³/mol.